The number of nitrogens with one attached hydrogen (secondary N) is 2. The van der Waals surface area contributed by atoms with Crippen molar-refractivity contribution in [1.82, 2.24) is 5.43 Å². The van der Waals surface area contributed by atoms with E-state index in [4.69, 9.17) is 11.6 Å². The van der Waals surface area contributed by atoms with Gasteiger partial charge < -0.3 is 5.32 Å². The third-order valence-corrected chi connectivity index (χ3v) is 4.42. The van der Waals surface area contributed by atoms with Crippen LogP contribution in [0, 0.1) is 17.8 Å². The van der Waals surface area contributed by atoms with Crippen molar-refractivity contribution in [2.45, 2.75) is 40.0 Å². The van der Waals surface area contributed by atoms with E-state index in [0.717, 1.165) is 18.6 Å². The van der Waals surface area contributed by atoms with Crippen LogP contribution in [0.1, 0.15) is 40.0 Å². The van der Waals surface area contributed by atoms with Crippen LogP contribution in [-0.2, 0) is 0 Å². The van der Waals surface area contributed by atoms with Gasteiger partial charge in [0.05, 0.1) is 0 Å². The zero-order valence-electron chi connectivity index (χ0n) is 13.4. The maximum absolute atomic E-state index is 11.9. The highest BCUT2D eigenvalue weighted by Crippen LogP contribution is 2.31. The molecular formula is C17H24ClN3O. The van der Waals surface area contributed by atoms with Gasteiger partial charge in [-0.1, -0.05) is 32.4 Å². The summed E-state index contributed by atoms with van der Waals surface area (Å²) in [4.78, 5) is 11.9. The molecule has 2 atom stereocenters. The fourth-order valence-electron chi connectivity index (χ4n) is 2.90. The van der Waals surface area contributed by atoms with Crippen molar-refractivity contribution in [1.29, 1.82) is 0 Å². The van der Waals surface area contributed by atoms with Gasteiger partial charge >= 0.3 is 6.03 Å². The second-order valence-electron chi connectivity index (χ2n) is 6.41. The molecule has 0 radical (unpaired) electrons. The van der Waals surface area contributed by atoms with Crippen LogP contribution >= 0.6 is 11.6 Å². The molecule has 1 saturated carbocycles. The van der Waals surface area contributed by atoms with Gasteiger partial charge in [0.15, 0.2) is 0 Å². The Bertz CT molecular complexity index is 539. The van der Waals surface area contributed by atoms with Crippen molar-refractivity contribution in [2.24, 2.45) is 22.9 Å². The smallest absolute Gasteiger partial charge is 0.307 e. The molecule has 4 nitrogen and oxygen atoms in total. The van der Waals surface area contributed by atoms with Crippen LogP contribution in [0.4, 0.5) is 10.5 Å². The third-order valence-electron chi connectivity index (χ3n) is 4.16. The number of nitrogens with zero attached hydrogens (tertiary/aromatic N) is 1. The van der Waals surface area contributed by atoms with E-state index < -0.39 is 0 Å². The van der Waals surface area contributed by atoms with Gasteiger partial charge in [-0.25, -0.2) is 10.2 Å². The number of hydrazone groups is 1. The van der Waals surface area contributed by atoms with Crippen LogP contribution in [0.25, 0.3) is 0 Å². The number of carbonyl (C=O) groups is 1. The lowest BCUT2D eigenvalue weighted by atomic mass is 9.76. The maximum atomic E-state index is 11.9. The molecule has 2 rings (SSSR count). The molecule has 120 valence electrons. The largest absolute Gasteiger partial charge is 0.339 e. The number of hydrogen-bond donors (Lipinski definition) is 2. The van der Waals surface area contributed by atoms with Crippen LogP contribution in [0.15, 0.2) is 29.4 Å². The Balaban J connectivity index is 1.96. The molecule has 0 saturated heterocycles. The highest BCUT2D eigenvalue weighted by molar-refractivity contribution is 6.30. The van der Waals surface area contributed by atoms with Crippen molar-refractivity contribution in [3.05, 3.63) is 29.3 Å². The first-order chi connectivity index (χ1) is 10.5. The second kappa shape index (κ2) is 7.63. The Morgan fingerprint density at radius 3 is 2.59 bits per heavy atom. The zero-order valence-corrected chi connectivity index (χ0v) is 14.2. The fraction of sp³-hybridized carbons (Fsp3) is 0.529. The van der Waals surface area contributed by atoms with E-state index in [9.17, 15) is 4.79 Å². The SMILES string of the molecule is CC1CCC(C(C)C)/C(=N/NC(=O)Nc2ccc(Cl)cc2)C1. The summed E-state index contributed by atoms with van der Waals surface area (Å²) in [5.41, 5.74) is 4.43. The predicted molar refractivity (Wildman–Crippen MR) is 92.4 cm³/mol. The Labute approximate surface area is 137 Å². The molecule has 2 N–H and O–H groups in total. The standard InChI is InChI=1S/C17H24ClN3O/c1-11(2)15-9-4-12(3)10-16(15)20-21-17(22)19-14-7-5-13(18)6-8-14/h5-8,11-12,15H,4,9-10H2,1-3H3,(H2,19,21,22)/b20-16+. The van der Waals surface area contributed by atoms with Crippen LogP contribution < -0.4 is 10.7 Å². The molecule has 2 unspecified atom stereocenters. The first-order valence-corrected chi connectivity index (χ1v) is 8.22. The minimum atomic E-state index is -0.324. The molecule has 5 heteroatoms. The molecule has 0 heterocycles. The molecule has 1 fully saturated rings. The summed E-state index contributed by atoms with van der Waals surface area (Å²) < 4.78 is 0. The van der Waals surface area contributed by atoms with Crippen LogP contribution in [0.3, 0.4) is 0 Å². The summed E-state index contributed by atoms with van der Waals surface area (Å²) >= 11 is 5.82. The average molecular weight is 322 g/mol. The zero-order chi connectivity index (χ0) is 16.1. The minimum Gasteiger partial charge on any atom is -0.307 e. The number of halogens is 1. The lowest BCUT2D eigenvalue weighted by Crippen LogP contribution is -2.32. The summed E-state index contributed by atoms with van der Waals surface area (Å²) in [5.74, 6) is 1.65. The van der Waals surface area contributed by atoms with E-state index in [1.165, 1.54) is 6.42 Å². The third kappa shape index (κ3) is 4.73. The average Bonchev–Trinajstić information content (AvgIpc) is 2.47. The maximum Gasteiger partial charge on any atom is 0.339 e. The molecule has 0 bridgehead atoms. The molecule has 1 aliphatic carbocycles. The predicted octanol–water partition coefficient (Wildman–Crippen LogP) is 4.91. The number of anilines is 1. The van der Waals surface area contributed by atoms with Crippen molar-refractivity contribution < 1.29 is 4.79 Å². The number of hydrogen-bond acceptors (Lipinski definition) is 2. The second-order valence-corrected chi connectivity index (χ2v) is 6.85. The summed E-state index contributed by atoms with van der Waals surface area (Å²) in [6, 6.07) is 6.67. The molecule has 0 aromatic heterocycles. The van der Waals surface area contributed by atoms with Crippen LogP contribution in [0.2, 0.25) is 5.02 Å². The Hall–Kier alpha value is -1.55. The van der Waals surface area contributed by atoms with Crippen molar-refractivity contribution in [3.63, 3.8) is 0 Å². The Morgan fingerprint density at radius 2 is 1.95 bits per heavy atom. The van der Waals surface area contributed by atoms with E-state index >= 15 is 0 Å². The van der Waals surface area contributed by atoms with E-state index in [2.05, 4.69) is 36.6 Å². The van der Waals surface area contributed by atoms with Gasteiger partial charge in [-0.2, -0.15) is 5.10 Å². The Kier molecular flexibility index (Phi) is 5.83. The first kappa shape index (κ1) is 16.8. The molecule has 22 heavy (non-hydrogen) atoms. The lowest BCUT2D eigenvalue weighted by molar-refractivity contribution is 0.252. The summed E-state index contributed by atoms with van der Waals surface area (Å²) in [6.07, 6.45) is 3.35. The molecule has 2 amide bonds. The molecule has 0 spiro atoms. The normalized spacial score (nSPS) is 23.6. The summed E-state index contributed by atoms with van der Waals surface area (Å²) in [5, 5.41) is 7.77. The van der Waals surface area contributed by atoms with Gasteiger partial charge in [0, 0.05) is 22.3 Å². The number of rotatable bonds is 3. The lowest BCUT2D eigenvalue weighted by Gasteiger charge is -2.30. The Morgan fingerprint density at radius 1 is 1.27 bits per heavy atom. The van der Waals surface area contributed by atoms with Gasteiger partial charge in [0.1, 0.15) is 0 Å². The van der Waals surface area contributed by atoms with Gasteiger partial charge in [-0.05, 0) is 55.4 Å². The van der Waals surface area contributed by atoms with Gasteiger partial charge in [-0.15, -0.1) is 0 Å². The number of carbonyl (C=O) groups excluding carboxylic acids is 1. The van der Waals surface area contributed by atoms with E-state index in [0.29, 0.717) is 28.5 Å². The molecular weight excluding hydrogens is 298 g/mol. The van der Waals surface area contributed by atoms with Gasteiger partial charge in [0.25, 0.3) is 0 Å². The van der Waals surface area contributed by atoms with Crippen molar-refractivity contribution in [2.75, 3.05) is 5.32 Å². The van der Waals surface area contributed by atoms with E-state index in [1.807, 2.05) is 0 Å². The highest BCUT2D eigenvalue weighted by atomic mass is 35.5. The molecule has 1 aromatic carbocycles. The summed E-state index contributed by atoms with van der Waals surface area (Å²) in [6.45, 7) is 6.66. The molecule has 1 aliphatic rings. The monoisotopic (exact) mass is 321 g/mol. The summed E-state index contributed by atoms with van der Waals surface area (Å²) in [7, 11) is 0. The number of benzene rings is 1. The van der Waals surface area contributed by atoms with Crippen molar-refractivity contribution >= 4 is 29.0 Å². The fourth-order valence-corrected chi connectivity index (χ4v) is 3.03. The molecule has 0 aliphatic heterocycles. The highest BCUT2D eigenvalue weighted by Gasteiger charge is 2.27. The first-order valence-electron chi connectivity index (χ1n) is 7.84. The van der Waals surface area contributed by atoms with Crippen LogP contribution in [-0.4, -0.2) is 11.7 Å². The number of amides is 2. The van der Waals surface area contributed by atoms with Crippen LogP contribution in [0.5, 0.6) is 0 Å². The molecule has 1 aromatic rings. The number of urea groups is 1. The van der Waals surface area contributed by atoms with E-state index in [-0.39, 0.29) is 6.03 Å². The topological polar surface area (TPSA) is 53.5 Å². The minimum absolute atomic E-state index is 0.324. The van der Waals surface area contributed by atoms with Gasteiger partial charge in [-0.3, -0.25) is 0 Å². The van der Waals surface area contributed by atoms with Gasteiger partial charge in [0.2, 0.25) is 0 Å². The van der Waals surface area contributed by atoms with E-state index in [1.54, 1.807) is 24.3 Å². The van der Waals surface area contributed by atoms with Crippen molar-refractivity contribution in [3.8, 4) is 0 Å². The quantitative estimate of drug-likeness (QED) is 0.763.